The summed E-state index contributed by atoms with van der Waals surface area (Å²) in [7, 11) is 0. The van der Waals surface area contributed by atoms with Gasteiger partial charge in [-0.25, -0.2) is 0 Å². The van der Waals surface area contributed by atoms with Gasteiger partial charge in [-0.1, -0.05) is 30.3 Å². The summed E-state index contributed by atoms with van der Waals surface area (Å²) in [6, 6.07) is 17.9. The fraction of sp³-hybridized carbons (Fsp3) is 0.296. The van der Waals surface area contributed by atoms with Crippen molar-refractivity contribution in [2.75, 3.05) is 13.2 Å². The van der Waals surface area contributed by atoms with Gasteiger partial charge in [0.05, 0.1) is 31.1 Å². The van der Waals surface area contributed by atoms with Crippen molar-refractivity contribution >= 4 is 5.91 Å². The summed E-state index contributed by atoms with van der Waals surface area (Å²) in [6.45, 7) is 4.56. The Hall–Kier alpha value is -3.75. The Morgan fingerprint density at radius 1 is 1.14 bits per heavy atom. The highest BCUT2D eigenvalue weighted by Gasteiger charge is 2.29. The minimum Gasteiger partial charge on any atom is -0.394 e. The number of benzene rings is 1. The zero-order chi connectivity index (χ0) is 24.2. The van der Waals surface area contributed by atoms with Gasteiger partial charge in [0.15, 0.2) is 5.69 Å². The summed E-state index contributed by atoms with van der Waals surface area (Å²) in [5, 5.41) is 17.3. The standard InChI is InChI=1S/C27H30N6O2/c1-20(21-7-3-2-4-8-21)29-27(35)26-24-19-31(14-11-25(24)33(30-26)15-16-34)18-23-10-6-13-32(23)22-9-5-12-28-17-22/h2-10,12-13,17,20,34H,11,14-16,18-19H2,1H3,(H,29,35). The Labute approximate surface area is 204 Å². The van der Waals surface area contributed by atoms with Crippen LogP contribution in [0.5, 0.6) is 0 Å². The summed E-state index contributed by atoms with van der Waals surface area (Å²) in [4.78, 5) is 19.9. The first-order valence-corrected chi connectivity index (χ1v) is 12.0. The third-order valence-electron chi connectivity index (χ3n) is 6.53. The van der Waals surface area contributed by atoms with E-state index in [1.165, 1.54) is 0 Å². The third kappa shape index (κ3) is 4.89. The van der Waals surface area contributed by atoms with Gasteiger partial charge in [-0.3, -0.25) is 19.4 Å². The van der Waals surface area contributed by atoms with E-state index < -0.39 is 0 Å². The molecule has 0 saturated carbocycles. The van der Waals surface area contributed by atoms with Crippen LogP contribution in [0.3, 0.4) is 0 Å². The van der Waals surface area contributed by atoms with Crippen molar-refractivity contribution in [1.82, 2.24) is 29.5 Å². The molecule has 4 aromatic rings. The average molecular weight is 471 g/mol. The number of carbonyl (C=O) groups excluding carboxylic acids is 1. The second-order valence-electron chi connectivity index (χ2n) is 8.87. The number of amides is 1. The molecule has 1 aliphatic heterocycles. The molecule has 35 heavy (non-hydrogen) atoms. The van der Waals surface area contributed by atoms with Crippen molar-refractivity contribution in [2.45, 2.75) is 39.0 Å². The molecule has 2 N–H and O–H groups in total. The molecule has 0 aliphatic carbocycles. The Kier molecular flexibility index (Phi) is 6.74. The van der Waals surface area contributed by atoms with Crippen molar-refractivity contribution in [3.63, 3.8) is 0 Å². The molecular formula is C27H30N6O2. The molecule has 180 valence electrons. The van der Waals surface area contributed by atoms with Gasteiger partial charge in [0, 0.05) is 55.4 Å². The van der Waals surface area contributed by atoms with Crippen LogP contribution in [0.1, 0.15) is 46.0 Å². The van der Waals surface area contributed by atoms with Crippen molar-refractivity contribution in [3.8, 4) is 5.69 Å². The number of fused-ring (bicyclic) bond motifs is 1. The molecule has 0 radical (unpaired) electrons. The SMILES string of the molecule is CC(NC(=O)c1nn(CCO)c2c1CN(Cc1cccn1-c1cccnc1)CC2)c1ccccc1. The molecule has 5 rings (SSSR count). The summed E-state index contributed by atoms with van der Waals surface area (Å²) < 4.78 is 3.94. The third-order valence-corrected chi connectivity index (χ3v) is 6.53. The van der Waals surface area contributed by atoms with E-state index in [0.717, 1.165) is 47.7 Å². The Balaban J connectivity index is 1.37. The maximum Gasteiger partial charge on any atom is 0.272 e. The van der Waals surface area contributed by atoms with Crippen molar-refractivity contribution in [3.05, 3.63) is 101 Å². The molecule has 0 spiro atoms. The summed E-state index contributed by atoms with van der Waals surface area (Å²) in [5.74, 6) is -0.185. The van der Waals surface area contributed by atoms with Gasteiger partial charge in [0.2, 0.25) is 0 Å². The average Bonchev–Trinajstić information content (AvgIpc) is 3.50. The maximum atomic E-state index is 13.3. The second-order valence-corrected chi connectivity index (χ2v) is 8.87. The van der Waals surface area contributed by atoms with Crippen molar-refractivity contribution < 1.29 is 9.90 Å². The van der Waals surface area contributed by atoms with Gasteiger partial charge >= 0.3 is 0 Å². The Morgan fingerprint density at radius 3 is 2.77 bits per heavy atom. The molecule has 1 amide bonds. The first-order valence-electron chi connectivity index (χ1n) is 12.0. The number of pyridine rings is 1. The van der Waals surface area contributed by atoms with Gasteiger partial charge in [-0.05, 0) is 36.8 Å². The van der Waals surface area contributed by atoms with Crippen LogP contribution in [0.15, 0.2) is 73.2 Å². The quantitative estimate of drug-likeness (QED) is 0.413. The molecule has 8 heteroatoms. The molecule has 1 aliphatic rings. The maximum absolute atomic E-state index is 13.3. The van der Waals surface area contributed by atoms with E-state index in [2.05, 4.69) is 30.9 Å². The highest BCUT2D eigenvalue weighted by atomic mass is 16.3. The van der Waals surface area contributed by atoms with E-state index in [1.807, 2.05) is 67.8 Å². The zero-order valence-corrected chi connectivity index (χ0v) is 19.8. The first kappa shape index (κ1) is 23.0. The second kappa shape index (κ2) is 10.2. The van der Waals surface area contributed by atoms with Gasteiger partial charge < -0.3 is 15.0 Å². The molecule has 1 atom stereocenters. The van der Waals surface area contributed by atoms with E-state index in [0.29, 0.717) is 18.8 Å². The fourth-order valence-corrected chi connectivity index (χ4v) is 4.76. The van der Waals surface area contributed by atoms with Gasteiger partial charge in [-0.15, -0.1) is 0 Å². The molecule has 0 bridgehead atoms. The van der Waals surface area contributed by atoms with Crippen LogP contribution in [0.4, 0.5) is 0 Å². The number of aliphatic hydroxyl groups is 1. The van der Waals surface area contributed by atoms with Crippen LogP contribution in [-0.4, -0.2) is 48.4 Å². The van der Waals surface area contributed by atoms with Gasteiger partial charge in [0.25, 0.3) is 5.91 Å². The van der Waals surface area contributed by atoms with Crippen molar-refractivity contribution in [2.24, 2.45) is 0 Å². The van der Waals surface area contributed by atoms with E-state index >= 15 is 0 Å². The number of aromatic nitrogens is 4. The predicted octanol–water partition coefficient (Wildman–Crippen LogP) is 3.11. The van der Waals surface area contributed by atoms with Crippen LogP contribution < -0.4 is 5.32 Å². The van der Waals surface area contributed by atoms with Crippen LogP contribution >= 0.6 is 0 Å². The molecular weight excluding hydrogens is 440 g/mol. The molecule has 4 heterocycles. The minimum atomic E-state index is -0.185. The molecule has 8 nitrogen and oxygen atoms in total. The normalized spacial score (nSPS) is 14.5. The molecule has 0 fully saturated rings. The summed E-state index contributed by atoms with van der Waals surface area (Å²) >= 11 is 0. The summed E-state index contributed by atoms with van der Waals surface area (Å²) in [5.41, 5.74) is 5.66. The monoisotopic (exact) mass is 470 g/mol. The van der Waals surface area contributed by atoms with Crippen LogP contribution in [-0.2, 0) is 26.1 Å². The molecule has 0 saturated heterocycles. The highest BCUT2D eigenvalue weighted by Crippen LogP contribution is 2.25. The molecule has 3 aromatic heterocycles. The van der Waals surface area contributed by atoms with E-state index in [1.54, 1.807) is 10.9 Å². The number of aliphatic hydroxyl groups excluding tert-OH is 1. The first-order chi connectivity index (χ1) is 17.1. The number of nitrogens with one attached hydrogen (secondary N) is 1. The van der Waals surface area contributed by atoms with E-state index in [4.69, 9.17) is 0 Å². The largest absolute Gasteiger partial charge is 0.394 e. The Morgan fingerprint density at radius 2 is 2.00 bits per heavy atom. The van der Waals surface area contributed by atoms with Crippen LogP contribution in [0.25, 0.3) is 5.69 Å². The Bertz CT molecular complexity index is 1280. The zero-order valence-electron chi connectivity index (χ0n) is 19.8. The van der Waals surface area contributed by atoms with Gasteiger partial charge in [-0.2, -0.15) is 5.10 Å². The predicted molar refractivity (Wildman–Crippen MR) is 133 cm³/mol. The lowest BCUT2D eigenvalue weighted by molar-refractivity contribution is 0.0931. The number of hydrogen-bond acceptors (Lipinski definition) is 5. The fourth-order valence-electron chi connectivity index (χ4n) is 4.76. The highest BCUT2D eigenvalue weighted by molar-refractivity contribution is 5.94. The minimum absolute atomic E-state index is 0.0159. The van der Waals surface area contributed by atoms with Crippen LogP contribution in [0.2, 0.25) is 0 Å². The lowest BCUT2D eigenvalue weighted by atomic mass is 10.0. The molecule has 1 unspecified atom stereocenters. The van der Waals surface area contributed by atoms with Crippen molar-refractivity contribution in [1.29, 1.82) is 0 Å². The topological polar surface area (TPSA) is 88.2 Å². The van der Waals surface area contributed by atoms with Gasteiger partial charge in [0.1, 0.15) is 0 Å². The smallest absolute Gasteiger partial charge is 0.272 e. The number of hydrogen-bond donors (Lipinski definition) is 2. The lowest BCUT2D eigenvalue weighted by Gasteiger charge is -2.28. The van der Waals surface area contributed by atoms with E-state index in [-0.39, 0.29) is 18.6 Å². The number of carbonyl (C=O) groups is 1. The summed E-state index contributed by atoms with van der Waals surface area (Å²) in [6.07, 6.45) is 6.45. The molecule has 1 aromatic carbocycles. The number of rotatable bonds is 8. The van der Waals surface area contributed by atoms with Crippen LogP contribution in [0, 0.1) is 0 Å². The number of nitrogens with zero attached hydrogens (tertiary/aromatic N) is 5. The van der Waals surface area contributed by atoms with E-state index in [9.17, 15) is 9.90 Å². The lowest BCUT2D eigenvalue weighted by Crippen LogP contribution is -2.33.